The molecule has 132 valence electrons. The van der Waals surface area contributed by atoms with E-state index in [1.54, 1.807) is 23.1 Å². The molecular weight excluding hydrogens is 372 g/mol. The molecule has 1 amide bonds. The molecule has 0 saturated carbocycles. The van der Waals surface area contributed by atoms with Crippen LogP contribution in [0.15, 0.2) is 45.5 Å². The smallest absolute Gasteiger partial charge is 0.251 e. The number of amides is 1. The molecule has 25 heavy (non-hydrogen) atoms. The quantitative estimate of drug-likeness (QED) is 0.813. The third kappa shape index (κ3) is 3.75. The summed E-state index contributed by atoms with van der Waals surface area (Å²) in [4.78, 5) is 16.3. The predicted octanol–water partition coefficient (Wildman–Crippen LogP) is 4.77. The molecular formula is C19H21ClN2OS2. The Morgan fingerprint density at radius 1 is 1.20 bits per heavy atom. The lowest BCUT2D eigenvalue weighted by molar-refractivity contribution is 0.0217. The second kappa shape index (κ2) is 7.31. The number of nitrogens with one attached hydrogen (secondary N) is 1. The first-order chi connectivity index (χ1) is 12.1. The highest BCUT2D eigenvalue weighted by molar-refractivity contribution is 8.01. The first-order valence-electron chi connectivity index (χ1n) is 8.68. The number of thiophene rings is 1. The molecule has 1 N–H and O–H groups in total. The molecule has 6 heteroatoms. The highest BCUT2D eigenvalue weighted by atomic mass is 35.5. The number of hydrogen-bond donors (Lipinski definition) is 1. The summed E-state index contributed by atoms with van der Waals surface area (Å²) in [6.07, 6.45) is 2.41. The van der Waals surface area contributed by atoms with Gasteiger partial charge in [0.25, 0.3) is 5.91 Å². The van der Waals surface area contributed by atoms with Gasteiger partial charge in [-0.15, -0.1) is 11.3 Å². The van der Waals surface area contributed by atoms with Crippen LogP contribution >= 0.6 is 34.7 Å². The van der Waals surface area contributed by atoms with Gasteiger partial charge in [0.2, 0.25) is 0 Å². The van der Waals surface area contributed by atoms with Crippen LogP contribution in [0, 0.1) is 5.92 Å². The van der Waals surface area contributed by atoms with Crippen LogP contribution in [0.2, 0.25) is 4.34 Å². The minimum Gasteiger partial charge on any atom is -0.347 e. The van der Waals surface area contributed by atoms with E-state index in [4.69, 9.17) is 11.6 Å². The number of benzene rings is 1. The molecule has 0 aliphatic carbocycles. The van der Waals surface area contributed by atoms with Crippen molar-refractivity contribution >= 4 is 40.6 Å². The first-order valence-corrected chi connectivity index (χ1v) is 10.7. The summed E-state index contributed by atoms with van der Waals surface area (Å²) in [5, 5.41) is 3.29. The SMILES string of the molecule is CC1C(NC(=O)c2ccc(Sc3ccc(Cl)s3)cc2)C2CCN1CC2. The molecule has 0 radical (unpaired) electrons. The van der Waals surface area contributed by atoms with E-state index in [0.29, 0.717) is 12.0 Å². The van der Waals surface area contributed by atoms with E-state index in [2.05, 4.69) is 17.1 Å². The van der Waals surface area contributed by atoms with Gasteiger partial charge in [-0.3, -0.25) is 9.69 Å². The fourth-order valence-electron chi connectivity index (χ4n) is 3.92. The van der Waals surface area contributed by atoms with Gasteiger partial charge in [-0.25, -0.2) is 0 Å². The lowest BCUT2D eigenvalue weighted by atomic mass is 9.79. The number of carbonyl (C=O) groups is 1. The molecule has 2 bridgehead atoms. The number of hydrogen-bond acceptors (Lipinski definition) is 4. The van der Waals surface area contributed by atoms with Crippen LogP contribution in [0.1, 0.15) is 30.1 Å². The Kier molecular flexibility index (Phi) is 5.09. The van der Waals surface area contributed by atoms with E-state index in [1.807, 2.05) is 36.4 Å². The Balaban J connectivity index is 1.40. The molecule has 2 aromatic rings. The van der Waals surface area contributed by atoms with Crippen LogP contribution in [-0.2, 0) is 0 Å². The summed E-state index contributed by atoms with van der Waals surface area (Å²) in [5.41, 5.74) is 0.734. The summed E-state index contributed by atoms with van der Waals surface area (Å²) in [6.45, 7) is 4.59. The second-order valence-corrected chi connectivity index (χ2v) is 9.89. The second-order valence-electron chi connectivity index (χ2n) is 6.80. The lowest BCUT2D eigenvalue weighted by Gasteiger charge is -2.49. The molecule has 3 nitrogen and oxygen atoms in total. The molecule has 3 aliphatic heterocycles. The van der Waals surface area contributed by atoms with Crippen LogP contribution in [0.3, 0.4) is 0 Å². The summed E-state index contributed by atoms with van der Waals surface area (Å²) in [5.74, 6) is 0.670. The number of halogens is 1. The summed E-state index contributed by atoms with van der Waals surface area (Å²) in [7, 11) is 0. The fraction of sp³-hybridized carbons (Fsp3) is 0.421. The molecule has 2 unspecified atom stereocenters. The van der Waals surface area contributed by atoms with Crippen molar-refractivity contribution in [2.75, 3.05) is 13.1 Å². The zero-order chi connectivity index (χ0) is 17.4. The van der Waals surface area contributed by atoms with Crippen molar-refractivity contribution < 1.29 is 4.79 Å². The number of piperidine rings is 3. The van der Waals surface area contributed by atoms with Crippen LogP contribution in [0.4, 0.5) is 0 Å². The zero-order valence-electron chi connectivity index (χ0n) is 14.1. The van der Waals surface area contributed by atoms with Gasteiger partial charge in [0.1, 0.15) is 0 Å². The van der Waals surface area contributed by atoms with Crippen molar-refractivity contribution in [2.24, 2.45) is 5.92 Å². The predicted molar refractivity (Wildman–Crippen MR) is 105 cm³/mol. The van der Waals surface area contributed by atoms with Crippen LogP contribution in [0.25, 0.3) is 0 Å². The highest BCUT2D eigenvalue weighted by Crippen LogP contribution is 2.35. The summed E-state index contributed by atoms with van der Waals surface area (Å²) in [6, 6.07) is 12.5. The van der Waals surface area contributed by atoms with Gasteiger partial charge in [-0.1, -0.05) is 23.4 Å². The Morgan fingerprint density at radius 2 is 1.92 bits per heavy atom. The largest absolute Gasteiger partial charge is 0.347 e. The first kappa shape index (κ1) is 17.4. The maximum absolute atomic E-state index is 12.7. The monoisotopic (exact) mass is 392 g/mol. The van der Waals surface area contributed by atoms with Crippen molar-refractivity contribution in [3.63, 3.8) is 0 Å². The molecule has 1 aromatic heterocycles. The Hall–Kier alpha value is -1.01. The van der Waals surface area contributed by atoms with E-state index >= 15 is 0 Å². The molecule has 3 saturated heterocycles. The molecule has 5 rings (SSSR count). The summed E-state index contributed by atoms with van der Waals surface area (Å²) >= 11 is 9.21. The highest BCUT2D eigenvalue weighted by Gasteiger charge is 2.40. The van der Waals surface area contributed by atoms with Gasteiger partial charge in [-0.2, -0.15) is 0 Å². The maximum atomic E-state index is 12.7. The van der Waals surface area contributed by atoms with Gasteiger partial charge in [0, 0.05) is 22.5 Å². The number of rotatable bonds is 4. The molecule has 2 atom stereocenters. The summed E-state index contributed by atoms with van der Waals surface area (Å²) < 4.78 is 1.95. The standard InChI is InChI=1S/C19H21ClN2OS2/c1-12-18(13-8-10-22(12)11-9-13)21-19(23)14-2-4-15(5-3-14)24-17-7-6-16(20)25-17/h2-7,12-13,18H,8-11H2,1H3,(H,21,23). The molecule has 3 fully saturated rings. The lowest BCUT2D eigenvalue weighted by Crippen LogP contribution is -2.62. The topological polar surface area (TPSA) is 32.3 Å². The maximum Gasteiger partial charge on any atom is 0.251 e. The Labute approximate surface area is 161 Å². The average Bonchev–Trinajstić information content (AvgIpc) is 3.04. The van der Waals surface area contributed by atoms with E-state index in [0.717, 1.165) is 19.0 Å². The van der Waals surface area contributed by atoms with Crippen molar-refractivity contribution in [2.45, 2.75) is 41.0 Å². The Morgan fingerprint density at radius 3 is 2.52 bits per heavy atom. The molecule has 4 heterocycles. The van der Waals surface area contributed by atoms with Crippen molar-refractivity contribution in [1.82, 2.24) is 10.2 Å². The molecule has 1 aromatic carbocycles. The number of carbonyl (C=O) groups excluding carboxylic acids is 1. The van der Waals surface area contributed by atoms with E-state index in [-0.39, 0.29) is 11.9 Å². The van der Waals surface area contributed by atoms with E-state index in [1.165, 1.54) is 25.9 Å². The van der Waals surface area contributed by atoms with Gasteiger partial charge in [0.05, 0.1) is 8.55 Å². The van der Waals surface area contributed by atoms with E-state index in [9.17, 15) is 4.79 Å². The van der Waals surface area contributed by atoms with Gasteiger partial charge >= 0.3 is 0 Å². The Bertz CT molecular complexity index is 751. The normalized spacial score (nSPS) is 28.1. The third-order valence-electron chi connectivity index (χ3n) is 5.36. The minimum absolute atomic E-state index is 0.0429. The fourth-order valence-corrected chi connectivity index (χ4v) is 6.20. The van der Waals surface area contributed by atoms with Crippen molar-refractivity contribution in [3.8, 4) is 0 Å². The van der Waals surface area contributed by atoms with Gasteiger partial charge < -0.3 is 5.32 Å². The average molecular weight is 393 g/mol. The zero-order valence-corrected chi connectivity index (χ0v) is 16.5. The number of nitrogens with zero attached hydrogens (tertiary/aromatic N) is 1. The number of fused-ring (bicyclic) bond motifs is 3. The van der Waals surface area contributed by atoms with Gasteiger partial charge in [0.15, 0.2) is 0 Å². The minimum atomic E-state index is 0.0429. The van der Waals surface area contributed by atoms with Crippen LogP contribution in [-0.4, -0.2) is 36.0 Å². The van der Waals surface area contributed by atoms with Crippen LogP contribution < -0.4 is 5.32 Å². The third-order valence-corrected chi connectivity index (χ3v) is 7.73. The van der Waals surface area contributed by atoms with Crippen molar-refractivity contribution in [3.05, 3.63) is 46.3 Å². The molecule has 0 spiro atoms. The van der Waals surface area contributed by atoms with E-state index < -0.39 is 0 Å². The van der Waals surface area contributed by atoms with Gasteiger partial charge in [-0.05, 0) is 75.2 Å². The van der Waals surface area contributed by atoms with Crippen molar-refractivity contribution in [1.29, 1.82) is 0 Å². The molecule has 3 aliphatic rings. The van der Waals surface area contributed by atoms with Crippen LogP contribution in [0.5, 0.6) is 0 Å².